The van der Waals surface area contributed by atoms with Gasteiger partial charge in [-0.3, -0.25) is 0 Å². The first-order valence-electron chi connectivity index (χ1n) is 9.45. The molecular formula is C23H18N4O2. The van der Waals surface area contributed by atoms with Crippen molar-refractivity contribution in [1.29, 1.82) is 0 Å². The lowest BCUT2D eigenvalue weighted by molar-refractivity contribution is 0.340. The van der Waals surface area contributed by atoms with Crippen LogP contribution in [0.25, 0.3) is 33.7 Å². The Morgan fingerprint density at radius 3 is 2.00 bits per heavy atom. The van der Waals surface area contributed by atoms with E-state index >= 15 is 0 Å². The van der Waals surface area contributed by atoms with Gasteiger partial charge in [0.25, 0.3) is 0 Å². The molecule has 2 heterocycles. The van der Waals surface area contributed by atoms with Crippen molar-refractivity contribution in [2.45, 2.75) is 6.92 Å². The molecule has 0 saturated carbocycles. The van der Waals surface area contributed by atoms with Gasteiger partial charge >= 0.3 is 5.69 Å². The third kappa shape index (κ3) is 2.86. The molecule has 2 aromatic heterocycles. The lowest BCUT2D eigenvalue weighted by Gasteiger charge is -2.07. The maximum atomic E-state index is 13.5. The fourth-order valence-electron chi connectivity index (χ4n) is 3.48. The molecule has 0 unspecified atom stereocenters. The lowest BCUT2D eigenvalue weighted by atomic mass is 10.3. The Kier molecular flexibility index (Phi) is 4.09. The molecular weight excluding hydrogens is 364 g/mol. The number of rotatable bonds is 4. The van der Waals surface area contributed by atoms with Crippen molar-refractivity contribution in [3.63, 3.8) is 0 Å². The first kappa shape index (κ1) is 17.2. The van der Waals surface area contributed by atoms with Gasteiger partial charge in [0, 0.05) is 6.07 Å². The van der Waals surface area contributed by atoms with E-state index in [1.807, 2.05) is 85.8 Å². The minimum Gasteiger partial charge on any atom is -0.494 e. The molecule has 6 nitrogen and oxygen atoms in total. The van der Waals surface area contributed by atoms with E-state index in [0.29, 0.717) is 29.3 Å². The van der Waals surface area contributed by atoms with Gasteiger partial charge in [0.05, 0.1) is 29.0 Å². The van der Waals surface area contributed by atoms with E-state index in [1.54, 1.807) is 9.13 Å². The molecule has 5 aromatic rings. The largest absolute Gasteiger partial charge is 0.494 e. The number of hydrogen-bond acceptors (Lipinski definition) is 4. The summed E-state index contributed by atoms with van der Waals surface area (Å²) in [6.45, 7) is 2.48. The lowest BCUT2D eigenvalue weighted by Crippen LogP contribution is -2.22. The van der Waals surface area contributed by atoms with Crippen LogP contribution in [0, 0.1) is 0 Å². The number of benzene rings is 3. The average molecular weight is 382 g/mol. The van der Waals surface area contributed by atoms with Crippen LogP contribution in [0.4, 0.5) is 0 Å². The van der Waals surface area contributed by atoms with E-state index < -0.39 is 0 Å². The zero-order valence-corrected chi connectivity index (χ0v) is 15.8. The molecule has 0 N–H and O–H groups in total. The van der Waals surface area contributed by atoms with Crippen LogP contribution >= 0.6 is 0 Å². The predicted molar refractivity (Wildman–Crippen MR) is 113 cm³/mol. The van der Waals surface area contributed by atoms with Gasteiger partial charge in [0.2, 0.25) is 0 Å². The SMILES string of the molecule is CCOc1cccc(-n2c(=O)n(-c3ccccc3)c3nc4ccccc4nc32)c1. The summed E-state index contributed by atoms with van der Waals surface area (Å²) in [6, 6.07) is 24.6. The standard InChI is InChI=1S/C23H18N4O2/c1-2-29-18-12-8-11-17(15-18)27-22-21(24-19-13-6-7-14-20(19)25-22)26(23(27)28)16-9-4-3-5-10-16/h3-15H,2H2,1H3. The Bertz CT molecular complexity index is 1390. The van der Waals surface area contributed by atoms with E-state index in [4.69, 9.17) is 14.7 Å². The minimum absolute atomic E-state index is 0.227. The van der Waals surface area contributed by atoms with Gasteiger partial charge in [-0.15, -0.1) is 0 Å². The Hall–Kier alpha value is -3.93. The molecule has 29 heavy (non-hydrogen) atoms. The van der Waals surface area contributed by atoms with E-state index in [2.05, 4.69) is 0 Å². The second-order valence-corrected chi connectivity index (χ2v) is 6.58. The fourth-order valence-corrected chi connectivity index (χ4v) is 3.48. The predicted octanol–water partition coefficient (Wildman–Crippen LogP) is 4.12. The number of hydrogen-bond donors (Lipinski definition) is 0. The summed E-state index contributed by atoms with van der Waals surface area (Å²) in [5.74, 6) is 0.700. The molecule has 0 aliphatic rings. The zero-order valence-electron chi connectivity index (χ0n) is 15.8. The highest BCUT2D eigenvalue weighted by molar-refractivity contribution is 5.84. The van der Waals surface area contributed by atoms with Gasteiger partial charge < -0.3 is 4.74 Å². The van der Waals surface area contributed by atoms with Crippen LogP contribution in [0.3, 0.4) is 0 Å². The van der Waals surface area contributed by atoms with Gasteiger partial charge in [-0.1, -0.05) is 36.4 Å². The highest BCUT2D eigenvalue weighted by atomic mass is 16.5. The molecule has 3 aromatic carbocycles. The molecule has 142 valence electrons. The molecule has 0 spiro atoms. The zero-order chi connectivity index (χ0) is 19.8. The van der Waals surface area contributed by atoms with Crippen molar-refractivity contribution >= 4 is 22.3 Å². The van der Waals surface area contributed by atoms with Gasteiger partial charge in [-0.2, -0.15) is 0 Å². The molecule has 0 amide bonds. The van der Waals surface area contributed by atoms with Crippen LogP contribution < -0.4 is 10.4 Å². The smallest absolute Gasteiger partial charge is 0.340 e. The molecule has 5 rings (SSSR count). The van der Waals surface area contributed by atoms with Crippen molar-refractivity contribution in [2.24, 2.45) is 0 Å². The van der Waals surface area contributed by atoms with Crippen LogP contribution in [0.2, 0.25) is 0 Å². The third-order valence-electron chi connectivity index (χ3n) is 4.74. The van der Waals surface area contributed by atoms with Crippen molar-refractivity contribution in [1.82, 2.24) is 19.1 Å². The van der Waals surface area contributed by atoms with Crippen LogP contribution in [0.5, 0.6) is 5.75 Å². The van der Waals surface area contributed by atoms with Crippen LogP contribution in [0.15, 0.2) is 83.7 Å². The first-order chi connectivity index (χ1) is 14.3. The Morgan fingerprint density at radius 1 is 0.759 bits per heavy atom. The highest BCUT2D eigenvalue weighted by Crippen LogP contribution is 2.23. The molecule has 0 aliphatic carbocycles. The fraction of sp³-hybridized carbons (Fsp3) is 0.0870. The Morgan fingerprint density at radius 2 is 1.34 bits per heavy atom. The molecule has 0 fully saturated rings. The summed E-state index contributed by atoms with van der Waals surface area (Å²) in [5.41, 5.74) is 3.70. The molecule has 6 heteroatoms. The Labute approximate surface area is 166 Å². The number of nitrogens with zero attached hydrogens (tertiary/aromatic N) is 4. The third-order valence-corrected chi connectivity index (χ3v) is 4.74. The van der Waals surface area contributed by atoms with Gasteiger partial charge in [0.15, 0.2) is 11.3 Å². The summed E-state index contributed by atoms with van der Waals surface area (Å²) >= 11 is 0. The number of ether oxygens (including phenoxy) is 1. The number of imidazole rings is 1. The van der Waals surface area contributed by atoms with E-state index in [-0.39, 0.29) is 5.69 Å². The van der Waals surface area contributed by atoms with Crippen molar-refractivity contribution in [3.8, 4) is 17.1 Å². The van der Waals surface area contributed by atoms with Gasteiger partial charge in [-0.05, 0) is 43.3 Å². The maximum absolute atomic E-state index is 13.5. The summed E-state index contributed by atoms with van der Waals surface area (Å²) in [4.78, 5) is 23.1. The van der Waals surface area contributed by atoms with Crippen LogP contribution in [-0.4, -0.2) is 25.7 Å². The van der Waals surface area contributed by atoms with Gasteiger partial charge in [-0.25, -0.2) is 23.9 Å². The maximum Gasteiger partial charge on any atom is 0.340 e. The molecule has 0 aliphatic heterocycles. The highest BCUT2D eigenvalue weighted by Gasteiger charge is 2.19. The van der Waals surface area contributed by atoms with Crippen LogP contribution in [-0.2, 0) is 0 Å². The average Bonchev–Trinajstić information content (AvgIpc) is 3.04. The molecule has 0 bridgehead atoms. The second-order valence-electron chi connectivity index (χ2n) is 6.58. The number of para-hydroxylation sites is 3. The van der Waals surface area contributed by atoms with Crippen molar-refractivity contribution < 1.29 is 4.74 Å². The Balaban J connectivity index is 1.88. The molecule has 0 atom stereocenters. The quantitative estimate of drug-likeness (QED) is 0.469. The monoisotopic (exact) mass is 382 g/mol. The number of fused-ring (bicyclic) bond motifs is 2. The second kappa shape index (κ2) is 6.91. The summed E-state index contributed by atoms with van der Waals surface area (Å²) in [7, 11) is 0. The normalized spacial score (nSPS) is 11.2. The summed E-state index contributed by atoms with van der Waals surface area (Å²) in [6.07, 6.45) is 0. The van der Waals surface area contributed by atoms with E-state index in [1.165, 1.54) is 0 Å². The minimum atomic E-state index is -0.227. The van der Waals surface area contributed by atoms with Crippen molar-refractivity contribution in [3.05, 3.63) is 89.3 Å². The van der Waals surface area contributed by atoms with Gasteiger partial charge in [0.1, 0.15) is 5.75 Å². The van der Waals surface area contributed by atoms with Crippen LogP contribution in [0.1, 0.15) is 6.92 Å². The van der Waals surface area contributed by atoms with Crippen molar-refractivity contribution in [2.75, 3.05) is 6.61 Å². The topological polar surface area (TPSA) is 61.9 Å². The molecule has 0 saturated heterocycles. The number of aromatic nitrogens is 4. The summed E-state index contributed by atoms with van der Waals surface area (Å²) in [5, 5.41) is 0. The van der Waals surface area contributed by atoms with E-state index in [9.17, 15) is 4.79 Å². The first-order valence-corrected chi connectivity index (χ1v) is 9.45. The molecule has 0 radical (unpaired) electrons. The summed E-state index contributed by atoms with van der Waals surface area (Å²) < 4.78 is 8.81. The van der Waals surface area contributed by atoms with E-state index in [0.717, 1.165) is 16.7 Å².